The van der Waals surface area contributed by atoms with E-state index in [-0.39, 0.29) is 5.41 Å². The Hall–Kier alpha value is -7.20. The van der Waals surface area contributed by atoms with Crippen molar-refractivity contribution >= 4 is 75.1 Å². The molecule has 0 aliphatic heterocycles. The number of thiophene rings is 1. The summed E-state index contributed by atoms with van der Waals surface area (Å²) in [5.74, 6) is 0. The van der Waals surface area contributed by atoms with E-state index < -0.39 is 0 Å². The normalized spacial score (nSPS) is 13.3. The number of hydrogen-bond acceptors (Lipinski definition) is 1. The molecular weight excluding hydrogens is 745 g/mol. The third-order valence-corrected chi connectivity index (χ3v) is 14.5. The fourth-order valence-corrected chi connectivity index (χ4v) is 11.7. The Balaban J connectivity index is 1.02. The number of benzene rings is 9. The fourth-order valence-electron chi connectivity index (χ4n) is 10.5. The van der Waals surface area contributed by atoms with Crippen LogP contribution in [0.25, 0.3) is 109 Å². The van der Waals surface area contributed by atoms with Crippen LogP contribution in [0, 0.1) is 0 Å². The van der Waals surface area contributed by atoms with Gasteiger partial charge in [0.25, 0.3) is 0 Å². The second-order valence-corrected chi connectivity index (χ2v) is 18.0. The summed E-state index contributed by atoms with van der Waals surface area (Å²) >= 11 is 1.91. The molecule has 0 N–H and O–H groups in total. The molecule has 0 saturated carbocycles. The molecule has 12 aromatic rings. The maximum atomic E-state index is 2.49. The molecule has 0 spiro atoms. The zero-order valence-electron chi connectivity index (χ0n) is 33.3. The first-order valence-electron chi connectivity index (χ1n) is 20.8. The minimum absolute atomic E-state index is 0.0774. The summed E-state index contributed by atoms with van der Waals surface area (Å²) in [6.45, 7) is 4.75. The molecule has 0 unspecified atom stereocenters. The Labute approximate surface area is 351 Å². The van der Waals surface area contributed by atoms with Crippen molar-refractivity contribution in [3.05, 3.63) is 205 Å². The highest BCUT2D eigenvalue weighted by Crippen LogP contribution is 2.51. The van der Waals surface area contributed by atoms with E-state index in [1.807, 2.05) is 11.3 Å². The molecule has 9 aromatic carbocycles. The quantitative estimate of drug-likeness (QED) is 0.168. The summed E-state index contributed by atoms with van der Waals surface area (Å²) in [7, 11) is 0. The molecule has 2 nitrogen and oxygen atoms in total. The molecule has 0 atom stereocenters. The van der Waals surface area contributed by atoms with E-state index in [9.17, 15) is 0 Å². The predicted octanol–water partition coefficient (Wildman–Crippen LogP) is 15.9. The predicted molar refractivity (Wildman–Crippen MR) is 256 cm³/mol. The van der Waals surface area contributed by atoms with Gasteiger partial charge in [-0.3, -0.25) is 0 Å². The van der Waals surface area contributed by atoms with E-state index >= 15 is 0 Å². The van der Waals surface area contributed by atoms with E-state index in [0.717, 1.165) is 0 Å². The van der Waals surface area contributed by atoms with Crippen molar-refractivity contribution in [2.75, 3.05) is 0 Å². The van der Waals surface area contributed by atoms with Gasteiger partial charge in [0.05, 0.1) is 22.1 Å². The second-order valence-electron chi connectivity index (χ2n) is 16.9. The summed E-state index contributed by atoms with van der Waals surface area (Å²) in [4.78, 5) is 0. The third kappa shape index (κ3) is 4.70. The van der Waals surface area contributed by atoms with Crippen LogP contribution in [0.3, 0.4) is 0 Å². The Morgan fingerprint density at radius 3 is 1.78 bits per heavy atom. The van der Waals surface area contributed by atoms with Gasteiger partial charge < -0.3 is 9.13 Å². The lowest BCUT2D eigenvalue weighted by molar-refractivity contribution is 0.660. The lowest BCUT2D eigenvalue weighted by Crippen LogP contribution is -2.14. The van der Waals surface area contributed by atoms with Gasteiger partial charge in [0.15, 0.2) is 0 Å². The standard InChI is InChI=1S/C57H38N2S/c1-57(2)49-20-10-6-16-40(49)41-27-25-37(31-50(41)57)46-33-39(34-48-45-19-9-13-23-55(45)60-56(46)48)59-52-22-12-8-18-43(52)47-30-35(26-29-53(47)59)36-24-28-44-42-17-7-11-21-51(42)58(54(44)32-36)38-14-4-3-5-15-38/h3-34H,1-2H3. The van der Waals surface area contributed by atoms with Crippen LogP contribution in [-0.4, -0.2) is 9.13 Å². The minimum Gasteiger partial charge on any atom is -0.309 e. The molecule has 3 heteroatoms. The van der Waals surface area contributed by atoms with E-state index in [1.54, 1.807) is 0 Å². The van der Waals surface area contributed by atoms with Gasteiger partial charge in [-0.2, -0.15) is 0 Å². The van der Waals surface area contributed by atoms with E-state index in [1.165, 1.54) is 120 Å². The molecular formula is C57H38N2S. The van der Waals surface area contributed by atoms with Gasteiger partial charge in [0, 0.05) is 64.1 Å². The lowest BCUT2D eigenvalue weighted by Gasteiger charge is -2.22. The topological polar surface area (TPSA) is 9.86 Å². The molecule has 0 saturated heterocycles. The Kier molecular flexibility index (Phi) is 6.98. The molecule has 3 heterocycles. The van der Waals surface area contributed by atoms with Gasteiger partial charge in [-0.25, -0.2) is 0 Å². The molecule has 0 radical (unpaired) electrons. The van der Waals surface area contributed by atoms with E-state index in [2.05, 4.69) is 217 Å². The minimum atomic E-state index is -0.0774. The summed E-state index contributed by atoms with van der Waals surface area (Å²) < 4.78 is 7.55. The van der Waals surface area contributed by atoms with Crippen molar-refractivity contribution in [3.63, 3.8) is 0 Å². The van der Waals surface area contributed by atoms with Crippen LogP contribution in [-0.2, 0) is 5.41 Å². The number of aromatic nitrogens is 2. The second kappa shape index (κ2) is 12.4. The fraction of sp³-hybridized carbons (Fsp3) is 0.0526. The van der Waals surface area contributed by atoms with Crippen LogP contribution in [0.5, 0.6) is 0 Å². The van der Waals surface area contributed by atoms with Crippen LogP contribution in [0.15, 0.2) is 194 Å². The lowest BCUT2D eigenvalue weighted by atomic mass is 9.81. The van der Waals surface area contributed by atoms with E-state index in [4.69, 9.17) is 0 Å². The van der Waals surface area contributed by atoms with Gasteiger partial charge in [-0.05, 0) is 106 Å². The molecule has 0 amide bonds. The maximum Gasteiger partial charge on any atom is 0.0547 e. The molecule has 1 aliphatic carbocycles. The van der Waals surface area contributed by atoms with Gasteiger partial charge in [0.2, 0.25) is 0 Å². The van der Waals surface area contributed by atoms with Crippen molar-refractivity contribution in [1.82, 2.24) is 9.13 Å². The van der Waals surface area contributed by atoms with Crippen molar-refractivity contribution in [2.24, 2.45) is 0 Å². The van der Waals surface area contributed by atoms with Gasteiger partial charge in [-0.1, -0.05) is 141 Å². The molecule has 13 rings (SSSR count). The molecule has 0 bridgehead atoms. The summed E-state index contributed by atoms with van der Waals surface area (Å²) in [5, 5.41) is 7.64. The number of fused-ring (bicyclic) bond motifs is 12. The zero-order valence-corrected chi connectivity index (χ0v) is 34.1. The van der Waals surface area contributed by atoms with Gasteiger partial charge in [0.1, 0.15) is 0 Å². The molecule has 282 valence electrons. The van der Waals surface area contributed by atoms with Crippen LogP contribution in [0.2, 0.25) is 0 Å². The maximum absolute atomic E-state index is 2.49. The molecule has 60 heavy (non-hydrogen) atoms. The number of hydrogen-bond donors (Lipinski definition) is 0. The largest absolute Gasteiger partial charge is 0.309 e. The smallest absolute Gasteiger partial charge is 0.0547 e. The average molecular weight is 783 g/mol. The Morgan fingerprint density at radius 1 is 0.350 bits per heavy atom. The number of rotatable bonds is 4. The van der Waals surface area contributed by atoms with Crippen molar-refractivity contribution in [1.29, 1.82) is 0 Å². The highest BCUT2D eigenvalue weighted by molar-refractivity contribution is 7.26. The van der Waals surface area contributed by atoms with Gasteiger partial charge in [-0.15, -0.1) is 11.3 Å². The van der Waals surface area contributed by atoms with Gasteiger partial charge >= 0.3 is 0 Å². The van der Waals surface area contributed by atoms with Crippen LogP contribution in [0.4, 0.5) is 0 Å². The monoisotopic (exact) mass is 782 g/mol. The third-order valence-electron chi connectivity index (χ3n) is 13.3. The van der Waals surface area contributed by atoms with Crippen LogP contribution < -0.4 is 0 Å². The highest BCUT2D eigenvalue weighted by atomic mass is 32.1. The first-order chi connectivity index (χ1) is 29.5. The van der Waals surface area contributed by atoms with E-state index in [0.29, 0.717) is 0 Å². The summed E-state index contributed by atoms with van der Waals surface area (Å²) in [6, 6.07) is 72.3. The molecule has 0 fully saturated rings. The summed E-state index contributed by atoms with van der Waals surface area (Å²) in [5.41, 5.74) is 17.6. The number of para-hydroxylation sites is 3. The molecule has 1 aliphatic rings. The summed E-state index contributed by atoms with van der Waals surface area (Å²) in [6.07, 6.45) is 0. The average Bonchev–Trinajstić information content (AvgIpc) is 4.01. The first kappa shape index (κ1) is 33.7. The Morgan fingerprint density at radius 2 is 0.950 bits per heavy atom. The molecule has 3 aromatic heterocycles. The zero-order chi connectivity index (χ0) is 39.7. The van der Waals surface area contributed by atoms with Crippen LogP contribution >= 0.6 is 11.3 Å². The number of nitrogens with zero attached hydrogens (tertiary/aromatic N) is 2. The van der Waals surface area contributed by atoms with Crippen molar-refractivity contribution in [3.8, 4) is 44.8 Å². The first-order valence-corrected chi connectivity index (χ1v) is 21.7. The van der Waals surface area contributed by atoms with Crippen molar-refractivity contribution < 1.29 is 0 Å². The SMILES string of the molecule is CC1(C)c2ccccc2-c2ccc(-c3cc(-n4c5ccccc5c5cc(-c6ccc7c8ccccc8n(-c8ccccc8)c7c6)ccc54)cc4c3sc3ccccc34)cc21. The van der Waals surface area contributed by atoms with Crippen molar-refractivity contribution in [2.45, 2.75) is 19.3 Å². The highest BCUT2D eigenvalue weighted by Gasteiger charge is 2.35. The van der Waals surface area contributed by atoms with Crippen LogP contribution in [0.1, 0.15) is 25.0 Å². The Bertz CT molecular complexity index is 3740.